The average Bonchev–Trinajstić information content (AvgIpc) is 3.72. The van der Waals surface area contributed by atoms with Gasteiger partial charge in [0.2, 0.25) is 0 Å². The molecule has 11 rings (SSSR count). The Kier molecular flexibility index (Phi) is 7.96. The summed E-state index contributed by atoms with van der Waals surface area (Å²) in [5.41, 5.74) is 18.5. The third kappa shape index (κ3) is 5.89. The quantitative estimate of drug-likeness (QED) is 0.165. The molecule has 2 nitrogen and oxygen atoms in total. The zero-order valence-corrected chi connectivity index (χ0v) is 38.6. The standard InChI is InChI=1S/C60H58N2/c1-57(2,3)39-15-21-53-49(31-39)50-32-40(58(4,5)6)16-22-54(50)61(53)43-19-13-35-27-45-47(29-37(35)25-43)46-28-36-14-20-44(26-38(36)30-48(45)46)62-55-23-17-41(59(7,8)9)33-51(55)52-34-42(60(10,11)12)18-24-56(52)62/h13-34H,1-12H3. The van der Waals surface area contributed by atoms with Crippen molar-refractivity contribution in [2.24, 2.45) is 0 Å². The lowest BCUT2D eigenvalue weighted by Crippen LogP contribution is -2.10. The molecule has 0 saturated carbocycles. The van der Waals surface area contributed by atoms with Crippen LogP contribution in [0.2, 0.25) is 0 Å². The summed E-state index contributed by atoms with van der Waals surface area (Å²) < 4.78 is 4.96. The number of nitrogens with zero attached hydrogens (tertiary/aromatic N) is 2. The molecule has 10 aromatic rings. The van der Waals surface area contributed by atoms with Crippen LogP contribution in [0.3, 0.4) is 0 Å². The van der Waals surface area contributed by atoms with Crippen molar-refractivity contribution in [2.75, 3.05) is 0 Å². The first-order valence-corrected chi connectivity index (χ1v) is 22.6. The van der Waals surface area contributed by atoms with E-state index in [-0.39, 0.29) is 21.7 Å². The molecule has 0 spiro atoms. The summed E-state index contributed by atoms with van der Waals surface area (Å²) in [6.45, 7) is 27.7. The summed E-state index contributed by atoms with van der Waals surface area (Å²) in [5.74, 6) is 0. The first kappa shape index (κ1) is 38.8. The molecule has 0 unspecified atom stereocenters. The van der Waals surface area contributed by atoms with Gasteiger partial charge >= 0.3 is 0 Å². The lowest BCUT2D eigenvalue weighted by Gasteiger charge is -2.26. The molecular formula is C60H58N2. The fourth-order valence-corrected chi connectivity index (χ4v) is 10.1. The van der Waals surface area contributed by atoms with Crippen molar-refractivity contribution in [2.45, 2.75) is 105 Å². The van der Waals surface area contributed by atoms with E-state index in [2.05, 4.69) is 226 Å². The van der Waals surface area contributed by atoms with Gasteiger partial charge in [-0.25, -0.2) is 0 Å². The van der Waals surface area contributed by atoms with Crippen LogP contribution in [0.1, 0.15) is 105 Å². The van der Waals surface area contributed by atoms with Crippen molar-refractivity contribution in [3.05, 3.63) is 156 Å². The van der Waals surface area contributed by atoms with Crippen LogP contribution in [0, 0.1) is 0 Å². The number of benzene rings is 8. The van der Waals surface area contributed by atoms with Gasteiger partial charge in [0.25, 0.3) is 0 Å². The molecule has 0 saturated heterocycles. The van der Waals surface area contributed by atoms with E-state index in [1.807, 2.05) is 0 Å². The Morgan fingerprint density at radius 1 is 0.258 bits per heavy atom. The molecule has 308 valence electrons. The smallest absolute Gasteiger partial charge is 0.0541 e. The van der Waals surface area contributed by atoms with Gasteiger partial charge in [0.1, 0.15) is 0 Å². The molecule has 0 aliphatic heterocycles. The number of rotatable bonds is 2. The van der Waals surface area contributed by atoms with Gasteiger partial charge in [0.15, 0.2) is 0 Å². The number of hydrogen-bond acceptors (Lipinski definition) is 0. The maximum Gasteiger partial charge on any atom is 0.0541 e. The molecule has 62 heavy (non-hydrogen) atoms. The second-order valence-corrected chi connectivity index (χ2v) is 22.5. The number of fused-ring (bicyclic) bond motifs is 12. The van der Waals surface area contributed by atoms with E-state index in [1.165, 1.54) is 121 Å². The fourth-order valence-electron chi connectivity index (χ4n) is 10.1. The van der Waals surface area contributed by atoms with Crippen LogP contribution in [-0.4, -0.2) is 9.13 Å². The minimum atomic E-state index is 0.0683. The lowest BCUT2D eigenvalue weighted by atomic mass is 9.78. The van der Waals surface area contributed by atoms with Gasteiger partial charge in [-0.05, 0) is 185 Å². The van der Waals surface area contributed by atoms with E-state index in [0.717, 1.165) is 0 Å². The Labute approximate surface area is 366 Å². The zero-order chi connectivity index (χ0) is 43.4. The Balaban J connectivity index is 1.01. The summed E-state index contributed by atoms with van der Waals surface area (Å²) in [6.07, 6.45) is 0. The minimum absolute atomic E-state index is 0.0683. The molecule has 1 aliphatic rings. The first-order chi connectivity index (χ1) is 29.2. The highest BCUT2D eigenvalue weighted by Gasteiger charge is 2.26. The zero-order valence-electron chi connectivity index (χ0n) is 38.6. The SMILES string of the molecule is CC(C)(C)c1ccc2c(c1)c1cc(C(C)(C)C)ccc1n2-c1ccc2cc3c(cc2c1)-c1cc2ccc(-n4c5ccc(C(C)(C)C)cc5c5cc(C(C)(C)C)ccc54)cc2cc1-3. The van der Waals surface area contributed by atoms with E-state index in [9.17, 15) is 0 Å². The summed E-state index contributed by atoms with van der Waals surface area (Å²) in [6, 6.07) is 52.1. The maximum atomic E-state index is 2.48. The van der Waals surface area contributed by atoms with Gasteiger partial charge in [-0.2, -0.15) is 0 Å². The van der Waals surface area contributed by atoms with Crippen molar-refractivity contribution in [3.63, 3.8) is 0 Å². The molecule has 2 heteroatoms. The van der Waals surface area contributed by atoms with Crippen LogP contribution < -0.4 is 0 Å². The molecule has 8 aromatic carbocycles. The average molecular weight is 807 g/mol. The molecule has 2 heterocycles. The van der Waals surface area contributed by atoms with Crippen molar-refractivity contribution in [1.82, 2.24) is 9.13 Å². The van der Waals surface area contributed by atoms with Crippen molar-refractivity contribution in [1.29, 1.82) is 0 Å². The predicted octanol–water partition coefficient (Wildman–Crippen LogP) is 17.0. The molecular weight excluding hydrogens is 749 g/mol. The molecule has 0 fully saturated rings. The summed E-state index contributed by atoms with van der Waals surface area (Å²) >= 11 is 0. The molecule has 2 aromatic heterocycles. The van der Waals surface area contributed by atoms with Gasteiger partial charge in [-0.1, -0.05) is 119 Å². The van der Waals surface area contributed by atoms with E-state index in [4.69, 9.17) is 0 Å². The number of aromatic nitrogens is 2. The molecule has 0 atom stereocenters. The van der Waals surface area contributed by atoms with E-state index >= 15 is 0 Å². The van der Waals surface area contributed by atoms with Crippen LogP contribution >= 0.6 is 0 Å². The van der Waals surface area contributed by atoms with Crippen molar-refractivity contribution >= 4 is 65.2 Å². The highest BCUT2D eigenvalue weighted by atomic mass is 15.0. The van der Waals surface area contributed by atoms with E-state index < -0.39 is 0 Å². The van der Waals surface area contributed by atoms with E-state index in [0.29, 0.717) is 0 Å². The Morgan fingerprint density at radius 2 is 0.516 bits per heavy atom. The molecule has 0 bridgehead atoms. The van der Waals surface area contributed by atoms with Gasteiger partial charge in [0.05, 0.1) is 22.1 Å². The van der Waals surface area contributed by atoms with Crippen molar-refractivity contribution < 1.29 is 0 Å². The van der Waals surface area contributed by atoms with Crippen LogP contribution in [0.5, 0.6) is 0 Å². The highest BCUT2D eigenvalue weighted by molar-refractivity contribution is 6.14. The van der Waals surface area contributed by atoms with Crippen LogP contribution in [0.15, 0.2) is 133 Å². The fraction of sp³-hybridized carbons (Fsp3) is 0.267. The monoisotopic (exact) mass is 806 g/mol. The lowest BCUT2D eigenvalue weighted by molar-refractivity contribution is 0.590. The van der Waals surface area contributed by atoms with Crippen LogP contribution in [0.25, 0.3) is 98.8 Å². The first-order valence-electron chi connectivity index (χ1n) is 22.6. The second-order valence-electron chi connectivity index (χ2n) is 22.5. The van der Waals surface area contributed by atoms with Gasteiger partial charge in [-0.15, -0.1) is 0 Å². The molecule has 0 radical (unpaired) electrons. The van der Waals surface area contributed by atoms with Gasteiger partial charge < -0.3 is 9.13 Å². The Morgan fingerprint density at radius 3 is 0.774 bits per heavy atom. The third-order valence-corrected chi connectivity index (χ3v) is 14.0. The highest BCUT2D eigenvalue weighted by Crippen LogP contribution is 2.51. The topological polar surface area (TPSA) is 9.86 Å². The Bertz CT molecular complexity index is 3140. The van der Waals surface area contributed by atoms with Crippen LogP contribution in [-0.2, 0) is 21.7 Å². The predicted molar refractivity (Wildman–Crippen MR) is 269 cm³/mol. The maximum absolute atomic E-state index is 2.48. The Hall–Kier alpha value is -6.12. The summed E-state index contributed by atoms with van der Waals surface area (Å²) in [4.78, 5) is 0. The third-order valence-electron chi connectivity index (χ3n) is 14.0. The van der Waals surface area contributed by atoms with E-state index in [1.54, 1.807) is 0 Å². The number of hydrogen-bond donors (Lipinski definition) is 0. The van der Waals surface area contributed by atoms with Crippen LogP contribution in [0.4, 0.5) is 0 Å². The minimum Gasteiger partial charge on any atom is -0.309 e. The normalized spacial score (nSPS) is 13.5. The molecule has 1 aliphatic carbocycles. The van der Waals surface area contributed by atoms with Gasteiger partial charge in [-0.3, -0.25) is 0 Å². The second kappa shape index (κ2) is 12.7. The largest absolute Gasteiger partial charge is 0.309 e. The van der Waals surface area contributed by atoms with Crippen molar-refractivity contribution in [3.8, 4) is 33.6 Å². The summed E-state index contributed by atoms with van der Waals surface area (Å²) in [5, 5.41) is 10.4. The van der Waals surface area contributed by atoms with Gasteiger partial charge in [0, 0.05) is 32.9 Å². The summed E-state index contributed by atoms with van der Waals surface area (Å²) in [7, 11) is 0. The molecule has 0 amide bonds. The molecule has 0 N–H and O–H groups in total.